The summed E-state index contributed by atoms with van der Waals surface area (Å²) >= 11 is 3.80. The fraction of sp³-hybridized carbons (Fsp3) is 1.00. The molecule has 0 rings (SSSR count). The van der Waals surface area contributed by atoms with Crippen molar-refractivity contribution in [2.24, 2.45) is 0 Å². The normalized spacial score (nSPS) is 8.14. The van der Waals surface area contributed by atoms with Crippen LogP contribution in [0.5, 0.6) is 0 Å². The second-order valence-electron chi connectivity index (χ2n) is 1.26. The van der Waals surface area contributed by atoms with Gasteiger partial charge in [-0.1, -0.05) is 12.8 Å². The minimum atomic E-state index is 0.869. The van der Waals surface area contributed by atoms with Crippen molar-refractivity contribution in [3.8, 4) is 0 Å². The maximum absolute atomic E-state index is 4.39. The second kappa shape index (κ2) is 9.70. The Balaban J connectivity index is 0. The Morgan fingerprint density at radius 2 is 1.57 bits per heavy atom. The minimum Gasteiger partial charge on any atom is -0.431 e. The SMILES string of the molecule is CN(C)S.CO[SiH3]. The zero-order valence-electron chi connectivity index (χ0n) is 5.30. The standard InChI is InChI=1S/C2H7NS.CH6OSi/c1-3(2)4;1-2-3/h4H,1-2H3;1,3H3. The lowest BCUT2D eigenvalue weighted by Gasteiger charge is -1.88. The third-order valence-corrected chi connectivity index (χ3v) is 0. The molecule has 46 valence electrons. The highest BCUT2D eigenvalue weighted by Crippen LogP contribution is 1.69. The molecular formula is C3H13NOSSi. The molecule has 0 unspecified atom stereocenters. The first-order valence-corrected chi connectivity index (χ1v) is 3.13. The molecule has 4 heteroatoms. The van der Waals surface area contributed by atoms with E-state index < -0.39 is 0 Å². The van der Waals surface area contributed by atoms with Crippen molar-refractivity contribution in [1.82, 2.24) is 4.31 Å². The van der Waals surface area contributed by atoms with E-state index in [1.165, 1.54) is 0 Å². The van der Waals surface area contributed by atoms with Crippen LogP contribution in [0.1, 0.15) is 0 Å². The molecule has 0 radical (unpaired) electrons. The molecule has 0 saturated carbocycles. The Labute approximate surface area is 53.9 Å². The Morgan fingerprint density at radius 3 is 1.57 bits per heavy atom. The summed E-state index contributed by atoms with van der Waals surface area (Å²) < 4.78 is 6.08. The van der Waals surface area contributed by atoms with Crippen LogP contribution in [-0.2, 0) is 4.43 Å². The Morgan fingerprint density at radius 1 is 1.57 bits per heavy atom. The van der Waals surface area contributed by atoms with E-state index in [1.807, 2.05) is 14.1 Å². The van der Waals surface area contributed by atoms with Gasteiger partial charge in [-0.05, 0) is 14.1 Å². The van der Waals surface area contributed by atoms with Crippen molar-refractivity contribution < 1.29 is 4.43 Å². The third-order valence-electron chi connectivity index (χ3n) is 0. The van der Waals surface area contributed by atoms with E-state index in [0.717, 1.165) is 10.5 Å². The quantitative estimate of drug-likeness (QED) is 0.352. The first-order valence-electron chi connectivity index (χ1n) is 1.91. The summed E-state index contributed by atoms with van der Waals surface area (Å²) in [5.74, 6) is 0. The summed E-state index contributed by atoms with van der Waals surface area (Å²) in [7, 11) is 6.28. The maximum Gasteiger partial charge on any atom is 0.145 e. The van der Waals surface area contributed by atoms with Crippen LogP contribution >= 0.6 is 12.8 Å². The molecule has 0 heterocycles. The number of thiol groups is 1. The van der Waals surface area contributed by atoms with Crippen LogP contribution in [0.25, 0.3) is 0 Å². The van der Waals surface area contributed by atoms with Crippen molar-refractivity contribution in [3.63, 3.8) is 0 Å². The van der Waals surface area contributed by atoms with Gasteiger partial charge in [-0.3, -0.25) is 4.31 Å². The summed E-state index contributed by atoms with van der Waals surface area (Å²) in [4.78, 5) is 0. The molecule has 0 aliphatic heterocycles. The molecular weight excluding hydrogens is 126 g/mol. The molecule has 0 N–H and O–H groups in total. The van der Waals surface area contributed by atoms with Crippen molar-refractivity contribution >= 4 is 23.3 Å². The van der Waals surface area contributed by atoms with Gasteiger partial charge in [0.15, 0.2) is 0 Å². The van der Waals surface area contributed by atoms with Crippen LogP contribution in [0.4, 0.5) is 0 Å². The van der Waals surface area contributed by atoms with Crippen LogP contribution in [0.2, 0.25) is 0 Å². The van der Waals surface area contributed by atoms with Gasteiger partial charge in [0.1, 0.15) is 10.5 Å². The summed E-state index contributed by atoms with van der Waals surface area (Å²) in [5.41, 5.74) is 0. The molecule has 0 aromatic rings. The molecule has 0 amide bonds. The van der Waals surface area contributed by atoms with E-state index in [4.69, 9.17) is 0 Å². The van der Waals surface area contributed by atoms with E-state index in [2.05, 4.69) is 17.2 Å². The van der Waals surface area contributed by atoms with Gasteiger partial charge in [0.25, 0.3) is 0 Å². The highest BCUT2D eigenvalue weighted by Gasteiger charge is 1.59. The third kappa shape index (κ3) is 551. The molecule has 0 aromatic carbocycles. The first-order chi connectivity index (χ1) is 3.15. The van der Waals surface area contributed by atoms with E-state index >= 15 is 0 Å². The number of rotatable bonds is 0. The van der Waals surface area contributed by atoms with Gasteiger partial charge in [0.2, 0.25) is 0 Å². The molecule has 0 aromatic heterocycles. The zero-order valence-corrected chi connectivity index (χ0v) is 8.20. The minimum absolute atomic E-state index is 0.869. The lowest BCUT2D eigenvalue weighted by atomic mass is 11.3. The van der Waals surface area contributed by atoms with Crippen molar-refractivity contribution in [1.29, 1.82) is 0 Å². The fourth-order valence-corrected chi connectivity index (χ4v) is 0. The maximum atomic E-state index is 4.39. The van der Waals surface area contributed by atoms with Crippen LogP contribution in [0, 0.1) is 0 Å². The number of nitrogens with zero attached hydrogens (tertiary/aromatic N) is 1. The summed E-state index contributed by atoms with van der Waals surface area (Å²) in [5, 5.41) is 0. The van der Waals surface area contributed by atoms with E-state index in [1.54, 1.807) is 11.4 Å². The van der Waals surface area contributed by atoms with E-state index in [-0.39, 0.29) is 0 Å². The molecule has 0 fully saturated rings. The second-order valence-corrected chi connectivity index (χ2v) is 2.87. The molecule has 0 saturated heterocycles. The lowest BCUT2D eigenvalue weighted by molar-refractivity contribution is 0.460. The molecule has 0 bridgehead atoms. The number of hydrogen-bond donors (Lipinski definition) is 1. The highest BCUT2D eigenvalue weighted by molar-refractivity contribution is 7.77. The van der Waals surface area contributed by atoms with Crippen LogP contribution in [0.3, 0.4) is 0 Å². The predicted molar refractivity (Wildman–Crippen MR) is 39.6 cm³/mol. The fourth-order valence-electron chi connectivity index (χ4n) is 0. The topological polar surface area (TPSA) is 12.5 Å². The summed E-state index contributed by atoms with van der Waals surface area (Å²) in [6, 6.07) is 0. The van der Waals surface area contributed by atoms with Crippen LogP contribution in [-0.4, -0.2) is 36.0 Å². The van der Waals surface area contributed by atoms with Crippen molar-refractivity contribution in [2.45, 2.75) is 0 Å². The molecule has 0 atom stereocenters. The smallest absolute Gasteiger partial charge is 0.145 e. The molecule has 0 aliphatic carbocycles. The average Bonchev–Trinajstić information content (AvgIpc) is 1.33. The van der Waals surface area contributed by atoms with Crippen molar-refractivity contribution in [2.75, 3.05) is 21.2 Å². The monoisotopic (exact) mass is 139 g/mol. The van der Waals surface area contributed by atoms with Gasteiger partial charge in [-0.2, -0.15) is 0 Å². The lowest BCUT2D eigenvalue weighted by Crippen LogP contribution is -1.89. The Kier molecular flexibility index (Phi) is 14.5. The van der Waals surface area contributed by atoms with Gasteiger partial charge < -0.3 is 4.43 Å². The molecule has 0 aliphatic rings. The Hall–Kier alpha value is 0.487. The number of hydrogen-bond acceptors (Lipinski definition) is 3. The summed E-state index contributed by atoms with van der Waals surface area (Å²) in [6.07, 6.45) is 0. The van der Waals surface area contributed by atoms with Gasteiger partial charge in [-0.15, -0.1) is 0 Å². The molecule has 2 nitrogen and oxygen atoms in total. The molecule has 7 heavy (non-hydrogen) atoms. The van der Waals surface area contributed by atoms with Gasteiger partial charge >= 0.3 is 0 Å². The van der Waals surface area contributed by atoms with E-state index in [0.29, 0.717) is 0 Å². The van der Waals surface area contributed by atoms with Crippen LogP contribution in [0.15, 0.2) is 0 Å². The van der Waals surface area contributed by atoms with Crippen LogP contribution < -0.4 is 0 Å². The largest absolute Gasteiger partial charge is 0.431 e. The molecule has 0 spiro atoms. The van der Waals surface area contributed by atoms with Gasteiger partial charge in [0.05, 0.1) is 0 Å². The van der Waals surface area contributed by atoms with Gasteiger partial charge in [0, 0.05) is 7.11 Å². The predicted octanol–water partition coefficient (Wildman–Crippen LogP) is -0.694. The summed E-state index contributed by atoms with van der Waals surface area (Å²) in [6.45, 7) is 0. The van der Waals surface area contributed by atoms with E-state index in [9.17, 15) is 0 Å². The van der Waals surface area contributed by atoms with Crippen molar-refractivity contribution in [3.05, 3.63) is 0 Å². The van der Waals surface area contributed by atoms with Gasteiger partial charge in [-0.25, -0.2) is 0 Å². The first kappa shape index (κ1) is 10.5. The highest BCUT2D eigenvalue weighted by atomic mass is 32.1. The average molecular weight is 139 g/mol. The zero-order chi connectivity index (χ0) is 6.28. The Bertz CT molecular complexity index is 26.1.